The van der Waals surface area contributed by atoms with E-state index < -0.39 is 12.0 Å². The zero-order valence-electron chi connectivity index (χ0n) is 18.2. The van der Waals surface area contributed by atoms with Gasteiger partial charge in [-0.05, 0) is 36.8 Å². The van der Waals surface area contributed by atoms with Gasteiger partial charge in [-0.25, -0.2) is 4.39 Å². The van der Waals surface area contributed by atoms with E-state index in [0.29, 0.717) is 17.2 Å². The monoisotopic (exact) mass is 443 g/mol. The molecule has 2 atom stereocenters. The lowest BCUT2D eigenvalue weighted by molar-refractivity contribution is -0.131. The maximum absolute atomic E-state index is 13.0. The van der Waals surface area contributed by atoms with Gasteiger partial charge in [0.15, 0.2) is 0 Å². The summed E-state index contributed by atoms with van der Waals surface area (Å²) in [4.78, 5) is 39.1. The van der Waals surface area contributed by atoms with Crippen LogP contribution < -0.4 is 25.0 Å². The van der Waals surface area contributed by atoms with Gasteiger partial charge in [0.05, 0.1) is 25.8 Å². The quantitative estimate of drug-likeness (QED) is 0.651. The van der Waals surface area contributed by atoms with Crippen LogP contribution in [-0.4, -0.2) is 44.5 Å². The lowest BCUT2D eigenvalue weighted by Gasteiger charge is -2.21. The molecule has 2 N–H and O–H groups in total. The first-order valence-electron chi connectivity index (χ1n) is 10.2. The lowest BCUT2D eigenvalue weighted by Crippen LogP contribution is -2.47. The summed E-state index contributed by atoms with van der Waals surface area (Å²) in [5.74, 6) is -0.879. The number of amides is 3. The largest absolute Gasteiger partial charge is 0.497 e. The third-order valence-electron chi connectivity index (χ3n) is 5.30. The minimum Gasteiger partial charge on any atom is -0.497 e. The van der Waals surface area contributed by atoms with E-state index in [0.717, 1.165) is 5.56 Å². The van der Waals surface area contributed by atoms with Gasteiger partial charge in [0, 0.05) is 25.6 Å². The molecule has 1 aliphatic rings. The van der Waals surface area contributed by atoms with Crippen LogP contribution in [0.3, 0.4) is 0 Å². The van der Waals surface area contributed by atoms with Crippen molar-refractivity contribution >= 4 is 23.4 Å². The Balaban J connectivity index is 1.58. The first-order chi connectivity index (χ1) is 15.3. The van der Waals surface area contributed by atoms with Crippen LogP contribution in [0.4, 0.5) is 10.1 Å². The number of hydrogen-bond donors (Lipinski definition) is 2. The Morgan fingerprint density at radius 3 is 2.53 bits per heavy atom. The second-order valence-corrected chi connectivity index (χ2v) is 7.52. The second kappa shape index (κ2) is 10.1. The molecule has 2 aromatic rings. The van der Waals surface area contributed by atoms with Gasteiger partial charge in [0.2, 0.25) is 17.7 Å². The van der Waals surface area contributed by atoms with Crippen molar-refractivity contribution in [2.45, 2.75) is 25.9 Å². The predicted octanol–water partition coefficient (Wildman–Crippen LogP) is 2.02. The van der Waals surface area contributed by atoms with E-state index in [1.807, 2.05) is 0 Å². The Kier molecular flexibility index (Phi) is 7.29. The molecule has 32 heavy (non-hydrogen) atoms. The third kappa shape index (κ3) is 5.35. The van der Waals surface area contributed by atoms with Gasteiger partial charge in [0.25, 0.3) is 0 Å². The van der Waals surface area contributed by atoms with Gasteiger partial charge < -0.3 is 25.0 Å². The lowest BCUT2D eigenvalue weighted by atomic mass is 10.1. The molecule has 1 fully saturated rings. The summed E-state index contributed by atoms with van der Waals surface area (Å²) in [6.45, 7) is 1.94. The van der Waals surface area contributed by atoms with E-state index in [2.05, 4.69) is 10.6 Å². The normalized spacial score (nSPS) is 16.4. The molecule has 9 heteroatoms. The Bertz CT molecular complexity index is 996. The van der Waals surface area contributed by atoms with Gasteiger partial charge in [-0.1, -0.05) is 12.1 Å². The van der Waals surface area contributed by atoms with E-state index in [-0.39, 0.29) is 43.0 Å². The number of nitrogens with one attached hydrogen (secondary N) is 2. The number of halogens is 1. The highest BCUT2D eigenvalue weighted by Crippen LogP contribution is 2.36. The number of nitrogens with zero attached hydrogens (tertiary/aromatic N) is 1. The van der Waals surface area contributed by atoms with Crippen molar-refractivity contribution in [1.29, 1.82) is 0 Å². The zero-order valence-corrected chi connectivity index (χ0v) is 18.2. The van der Waals surface area contributed by atoms with Crippen molar-refractivity contribution in [2.24, 2.45) is 5.92 Å². The summed E-state index contributed by atoms with van der Waals surface area (Å²) in [6.07, 6.45) is 0.0239. The van der Waals surface area contributed by atoms with E-state index in [9.17, 15) is 18.8 Å². The standard InChI is InChI=1S/C23H26FN3O5/c1-14(22(29)25-12-15-4-6-17(24)7-5-15)26-23(30)16-10-21(28)27(13-16)19-11-18(31-2)8-9-20(19)32-3/h4-9,11,14,16H,10,12-13H2,1-3H3,(H,25,29)(H,26,30). The topological polar surface area (TPSA) is 97.0 Å². The number of hydrogen-bond acceptors (Lipinski definition) is 5. The van der Waals surface area contributed by atoms with Crippen LogP contribution in [0.2, 0.25) is 0 Å². The van der Waals surface area contributed by atoms with Crippen LogP contribution in [-0.2, 0) is 20.9 Å². The van der Waals surface area contributed by atoms with Gasteiger partial charge >= 0.3 is 0 Å². The highest BCUT2D eigenvalue weighted by atomic mass is 19.1. The first-order valence-corrected chi connectivity index (χ1v) is 10.2. The molecular formula is C23H26FN3O5. The summed E-state index contributed by atoms with van der Waals surface area (Å²) < 4.78 is 23.5. The van der Waals surface area contributed by atoms with Gasteiger partial charge in [-0.15, -0.1) is 0 Å². The maximum Gasteiger partial charge on any atom is 0.242 e. The van der Waals surface area contributed by atoms with Crippen molar-refractivity contribution in [3.63, 3.8) is 0 Å². The van der Waals surface area contributed by atoms with Crippen molar-refractivity contribution in [2.75, 3.05) is 25.7 Å². The minimum absolute atomic E-state index is 0.0239. The molecule has 1 saturated heterocycles. The van der Waals surface area contributed by atoms with Crippen LogP contribution >= 0.6 is 0 Å². The molecule has 170 valence electrons. The number of ether oxygens (including phenoxy) is 2. The van der Waals surface area contributed by atoms with E-state index in [4.69, 9.17) is 9.47 Å². The summed E-state index contributed by atoms with van der Waals surface area (Å²) in [6, 6.07) is 10.1. The van der Waals surface area contributed by atoms with Crippen LogP contribution in [0.5, 0.6) is 11.5 Å². The fourth-order valence-electron chi connectivity index (χ4n) is 3.47. The van der Waals surface area contributed by atoms with Crippen LogP contribution in [0.15, 0.2) is 42.5 Å². The SMILES string of the molecule is COc1ccc(OC)c(N2CC(C(=O)NC(C)C(=O)NCc3ccc(F)cc3)CC2=O)c1. The van der Waals surface area contributed by atoms with Crippen molar-refractivity contribution in [1.82, 2.24) is 10.6 Å². The maximum atomic E-state index is 13.0. The zero-order chi connectivity index (χ0) is 23.3. The van der Waals surface area contributed by atoms with Gasteiger partial charge in [0.1, 0.15) is 23.4 Å². The Morgan fingerprint density at radius 1 is 1.16 bits per heavy atom. The summed E-state index contributed by atoms with van der Waals surface area (Å²) in [5, 5.41) is 5.37. The number of rotatable bonds is 8. The van der Waals surface area contributed by atoms with Crippen molar-refractivity contribution in [3.05, 3.63) is 53.8 Å². The highest BCUT2D eigenvalue weighted by molar-refractivity contribution is 6.02. The Morgan fingerprint density at radius 2 is 1.88 bits per heavy atom. The minimum atomic E-state index is -0.793. The summed E-state index contributed by atoms with van der Waals surface area (Å²) >= 11 is 0. The predicted molar refractivity (Wildman–Crippen MR) is 116 cm³/mol. The Hall–Kier alpha value is -3.62. The highest BCUT2D eigenvalue weighted by Gasteiger charge is 2.37. The van der Waals surface area contributed by atoms with Crippen molar-refractivity contribution < 1.29 is 28.2 Å². The first kappa shape index (κ1) is 23.1. The van der Waals surface area contributed by atoms with Gasteiger partial charge in [-0.2, -0.15) is 0 Å². The number of methoxy groups -OCH3 is 2. The van der Waals surface area contributed by atoms with E-state index in [1.54, 1.807) is 37.3 Å². The number of benzene rings is 2. The molecule has 1 heterocycles. The molecule has 1 aliphatic heterocycles. The average molecular weight is 443 g/mol. The van der Waals surface area contributed by atoms with E-state index in [1.165, 1.54) is 31.3 Å². The van der Waals surface area contributed by atoms with Crippen LogP contribution in [0, 0.1) is 11.7 Å². The smallest absolute Gasteiger partial charge is 0.242 e. The molecule has 0 aliphatic carbocycles. The fraction of sp³-hybridized carbons (Fsp3) is 0.348. The number of carbonyl (C=O) groups is 3. The van der Waals surface area contributed by atoms with E-state index >= 15 is 0 Å². The molecule has 0 bridgehead atoms. The molecule has 2 unspecified atom stereocenters. The van der Waals surface area contributed by atoms with Crippen LogP contribution in [0.1, 0.15) is 18.9 Å². The molecule has 0 saturated carbocycles. The van der Waals surface area contributed by atoms with Crippen molar-refractivity contribution in [3.8, 4) is 11.5 Å². The Labute approximate surface area is 185 Å². The summed E-state index contributed by atoms with van der Waals surface area (Å²) in [7, 11) is 3.03. The molecular weight excluding hydrogens is 417 g/mol. The molecule has 3 amide bonds. The third-order valence-corrected chi connectivity index (χ3v) is 5.30. The summed E-state index contributed by atoms with van der Waals surface area (Å²) in [5.41, 5.74) is 1.26. The second-order valence-electron chi connectivity index (χ2n) is 7.52. The molecule has 0 radical (unpaired) electrons. The number of carbonyl (C=O) groups excluding carboxylic acids is 3. The molecule has 2 aromatic carbocycles. The molecule has 0 spiro atoms. The van der Waals surface area contributed by atoms with Crippen LogP contribution in [0.25, 0.3) is 0 Å². The molecule has 3 rings (SSSR count). The fourth-order valence-corrected chi connectivity index (χ4v) is 3.47. The average Bonchev–Trinajstić information content (AvgIpc) is 3.19. The molecule has 8 nitrogen and oxygen atoms in total. The van der Waals surface area contributed by atoms with Gasteiger partial charge in [-0.3, -0.25) is 14.4 Å². The molecule has 0 aromatic heterocycles. The number of anilines is 1.